The van der Waals surface area contributed by atoms with Gasteiger partial charge in [0.1, 0.15) is 5.75 Å². The van der Waals surface area contributed by atoms with Crippen LogP contribution in [0.3, 0.4) is 0 Å². The first-order chi connectivity index (χ1) is 11.3. The van der Waals surface area contributed by atoms with Gasteiger partial charge in [0.25, 0.3) is 5.88 Å². The smallest absolute Gasteiger partial charge is 0.259 e. The molecule has 116 valence electrons. The highest BCUT2D eigenvalue weighted by molar-refractivity contribution is 5.84. The van der Waals surface area contributed by atoms with Gasteiger partial charge in [0.05, 0.1) is 23.9 Å². The van der Waals surface area contributed by atoms with E-state index in [2.05, 4.69) is 20.5 Å². The second kappa shape index (κ2) is 6.74. The second-order valence-corrected chi connectivity index (χ2v) is 4.73. The van der Waals surface area contributed by atoms with E-state index in [1.54, 1.807) is 18.2 Å². The highest BCUT2D eigenvalue weighted by Gasteiger charge is 2.09. The number of nitrogens with zero attached hydrogens (tertiary/aromatic N) is 3. The summed E-state index contributed by atoms with van der Waals surface area (Å²) in [6, 6.07) is 14.5. The van der Waals surface area contributed by atoms with Gasteiger partial charge in [-0.2, -0.15) is 5.10 Å². The van der Waals surface area contributed by atoms with Crippen LogP contribution in [0.25, 0.3) is 11.0 Å². The van der Waals surface area contributed by atoms with Gasteiger partial charge in [-0.15, -0.1) is 0 Å². The highest BCUT2D eigenvalue weighted by Crippen LogP contribution is 2.23. The van der Waals surface area contributed by atoms with Crippen LogP contribution in [0.2, 0.25) is 0 Å². The Hall–Kier alpha value is -3.15. The Kier molecular flexibility index (Phi) is 4.33. The minimum absolute atomic E-state index is 0.160. The average Bonchev–Trinajstić information content (AvgIpc) is 2.57. The van der Waals surface area contributed by atoms with Crippen molar-refractivity contribution in [2.75, 3.05) is 12.0 Å². The van der Waals surface area contributed by atoms with Gasteiger partial charge < -0.3 is 9.84 Å². The van der Waals surface area contributed by atoms with Crippen LogP contribution in [-0.2, 0) is 0 Å². The maximum atomic E-state index is 9.72. The Balaban J connectivity index is 1.89. The number of fused-ring (bicyclic) bond motifs is 1. The van der Waals surface area contributed by atoms with E-state index >= 15 is 0 Å². The maximum absolute atomic E-state index is 9.72. The van der Waals surface area contributed by atoms with Crippen LogP contribution in [-0.4, -0.2) is 27.9 Å². The van der Waals surface area contributed by atoms with Gasteiger partial charge in [0.2, 0.25) is 5.82 Å². The molecule has 0 atom stereocenters. The molecule has 1 aromatic heterocycles. The van der Waals surface area contributed by atoms with E-state index in [-0.39, 0.29) is 5.75 Å². The molecule has 2 N–H and O–H groups in total. The molecule has 3 aromatic rings. The monoisotopic (exact) mass is 308 g/mol. The van der Waals surface area contributed by atoms with E-state index in [0.717, 1.165) is 11.0 Å². The van der Waals surface area contributed by atoms with Crippen molar-refractivity contribution < 1.29 is 9.84 Å². The lowest BCUT2D eigenvalue weighted by Gasteiger charge is -2.08. The number of aromatic hydroxyl groups is 1. The Labute approximate surface area is 133 Å². The number of para-hydroxylation sites is 3. The molecule has 3 rings (SSSR count). The minimum atomic E-state index is 0.160. The second-order valence-electron chi connectivity index (χ2n) is 4.73. The molecule has 2 aromatic carbocycles. The van der Waals surface area contributed by atoms with Gasteiger partial charge in [0.15, 0.2) is 0 Å². The van der Waals surface area contributed by atoms with Crippen LogP contribution in [0.1, 0.15) is 12.5 Å². The number of rotatable bonds is 5. The average molecular weight is 308 g/mol. The number of phenolic OH excluding ortho intramolecular Hbond substituents is 1. The summed E-state index contributed by atoms with van der Waals surface area (Å²) in [5.41, 5.74) is 4.93. The number of benzene rings is 2. The largest absolute Gasteiger partial charge is 0.507 e. The highest BCUT2D eigenvalue weighted by atomic mass is 16.5. The van der Waals surface area contributed by atoms with E-state index < -0.39 is 0 Å². The maximum Gasteiger partial charge on any atom is 0.259 e. The Morgan fingerprint density at radius 1 is 1.09 bits per heavy atom. The van der Waals surface area contributed by atoms with E-state index in [4.69, 9.17) is 4.74 Å². The first-order valence-electron chi connectivity index (χ1n) is 7.24. The molecule has 0 aliphatic heterocycles. The van der Waals surface area contributed by atoms with Crippen molar-refractivity contribution in [3.63, 3.8) is 0 Å². The Morgan fingerprint density at radius 2 is 1.78 bits per heavy atom. The lowest BCUT2D eigenvalue weighted by molar-refractivity contribution is 0.328. The van der Waals surface area contributed by atoms with Crippen molar-refractivity contribution in [1.82, 2.24) is 9.97 Å². The summed E-state index contributed by atoms with van der Waals surface area (Å²) < 4.78 is 5.51. The van der Waals surface area contributed by atoms with Crippen molar-refractivity contribution in [1.29, 1.82) is 0 Å². The number of hydrogen-bond acceptors (Lipinski definition) is 6. The molecule has 0 amide bonds. The van der Waals surface area contributed by atoms with Crippen molar-refractivity contribution >= 4 is 23.1 Å². The zero-order valence-electron chi connectivity index (χ0n) is 12.6. The van der Waals surface area contributed by atoms with Crippen LogP contribution < -0.4 is 10.2 Å². The zero-order valence-corrected chi connectivity index (χ0v) is 12.6. The van der Waals surface area contributed by atoms with Crippen molar-refractivity contribution in [3.05, 3.63) is 54.1 Å². The predicted octanol–water partition coefficient (Wildman–Crippen LogP) is 3.18. The van der Waals surface area contributed by atoms with Crippen LogP contribution in [0.4, 0.5) is 5.82 Å². The molecule has 0 aliphatic rings. The van der Waals surface area contributed by atoms with Gasteiger partial charge in [-0.3, -0.25) is 5.43 Å². The SMILES string of the molecule is CCOc1nc2ccccc2nc1NN=Cc1ccccc1O. The normalized spacial score (nSPS) is 11.0. The van der Waals surface area contributed by atoms with Gasteiger partial charge in [-0.1, -0.05) is 24.3 Å². The van der Waals surface area contributed by atoms with Crippen LogP contribution in [0.15, 0.2) is 53.6 Å². The number of ether oxygens (including phenoxy) is 1. The van der Waals surface area contributed by atoms with E-state index in [0.29, 0.717) is 23.9 Å². The van der Waals surface area contributed by atoms with Gasteiger partial charge in [-0.25, -0.2) is 9.97 Å². The van der Waals surface area contributed by atoms with Gasteiger partial charge in [0, 0.05) is 5.56 Å². The molecule has 6 heteroatoms. The topological polar surface area (TPSA) is 79.6 Å². The first-order valence-corrected chi connectivity index (χ1v) is 7.24. The fourth-order valence-corrected chi connectivity index (χ4v) is 2.05. The lowest BCUT2D eigenvalue weighted by Crippen LogP contribution is -2.03. The summed E-state index contributed by atoms with van der Waals surface area (Å²) in [6.07, 6.45) is 1.52. The number of phenols is 1. The molecular formula is C17H16N4O2. The molecule has 0 bridgehead atoms. The molecule has 0 saturated heterocycles. The first kappa shape index (κ1) is 14.8. The molecule has 0 fully saturated rings. The molecule has 23 heavy (non-hydrogen) atoms. The molecule has 0 aliphatic carbocycles. The van der Waals surface area contributed by atoms with Crippen molar-refractivity contribution in [3.8, 4) is 11.6 Å². The lowest BCUT2D eigenvalue weighted by atomic mass is 10.2. The molecule has 0 radical (unpaired) electrons. The summed E-state index contributed by atoms with van der Waals surface area (Å²) in [5.74, 6) is 0.977. The zero-order chi connectivity index (χ0) is 16.1. The molecule has 0 saturated carbocycles. The number of aromatic nitrogens is 2. The third-order valence-electron chi connectivity index (χ3n) is 3.13. The van der Waals surface area contributed by atoms with E-state index in [1.807, 2.05) is 37.3 Å². The van der Waals surface area contributed by atoms with Gasteiger partial charge in [-0.05, 0) is 31.2 Å². The Bertz CT molecular complexity index is 849. The molecule has 6 nitrogen and oxygen atoms in total. The standard InChI is InChI=1S/C17H16N4O2/c1-2-23-17-16(19-13-8-4-5-9-14(13)20-17)21-18-11-12-7-3-6-10-15(12)22/h3-11,22H,2H2,1H3,(H,19,21). The number of hydrazone groups is 1. The predicted molar refractivity (Wildman–Crippen MR) is 90.0 cm³/mol. The van der Waals surface area contributed by atoms with Gasteiger partial charge >= 0.3 is 0 Å². The summed E-state index contributed by atoms with van der Waals surface area (Å²) >= 11 is 0. The fraction of sp³-hybridized carbons (Fsp3) is 0.118. The van der Waals surface area contributed by atoms with Crippen LogP contribution >= 0.6 is 0 Å². The third-order valence-corrected chi connectivity index (χ3v) is 3.13. The number of hydrogen-bond donors (Lipinski definition) is 2. The quantitative estimate of drug-likeness (QED) is 0.559. The number of anilines is 1. The van der Waals surface area contributed by atoms with Crippen LogP contribution in [0, 0.1) is 0 Å². The summed E-state index contributed by atoms with van der Waals surface area (Å²) in [6.45, 7) is 2.36. The van der Waals surface area contributed by atoms with E-state index in [9.17, 15) is 5.11 Å². The summed E-state index contributed by atoms with van der Waals surface area (Å²) in [4.78, 5) is 8.91. The van der Waals surface area contributed by atoms with E-state index in [1.165, 1.54) is 6.21 Å². The summed E-state index contributed by atoms with van der Waals surface area (Å²) in [7, 11) is 0. The van der Waals surface area contributed by atoms with Crippen molar-refractivity contribution in [2.45, 2.75) is 6.92 Å². The van der Waals surface area contributed by atoms with Crippen LogP contribution in [0.5, 0.6) is 11.6 Å². The minimum Gasteiger partial charge on any atom is -0.507 e. The van der Waals surface area contributed by atoms with Crippen molar-refractivity contribution in [2.24, 2.45) is 5.10 Å². The third kappa shape index (κ3) is 3.37. The molecular weight excluding hydrogens is 292 g/mol. The molecule has 1 heterocycles. The summed E-state index contributed by atoms with van der Waals surface area (Å²) in [5, 5.41) is 13.8. The fourth-order valence-electron chi connectivity index (χ4n) is 2.05. The number of nitrogens with one attached hydrogen (secondary N) is 1. The molecule has 0 spiro atoms. The Morgan fingerprint density at radius 3 is 2.52 bits per heavy atom. The molecule has 0 unspecified atom stereocenters.